The number of alkyl halides is 1. The summed E-state index contributed by atoms with van der Waals surface area (Å²) in [6, 6.07) is 14.6. The van der Waals surface area contributed by atoms with Gasteiger partial charge in [-0.1, -0.05) is 37.1 Å². The highest BCUT2D eigenvalue weighted by molar-refractivity contribution is 6.18. The summed E-state index contributed by atoms with van der Waals surface area (Å²) >= 11 is 5.64. The van der Waals surface area contributed by atoms with Gasteiger partial charge in [0, 0.05) is 0 Å². The highest BCUT2D eigenvalue weighted by atomic mass is 35.5. The van der Waals surface area contributed by atoms with Gasteiger partial charge in [0.2, 0.25) is 0 Å². The summed E-state index contributed by atoms with van der Waals surface area (Å²) in [6.07, 6.45) is 7.90. The van der Waals surface area contributed by atoms with Crippen LogP contribution >= 0.6 is 11.6 Å². The van der Waals surface area contributed by atoms with Gasteiger partial charge in [0.15, 0.2) is 0 Å². The Morgan fingerprint density at radius 1 is 0.970 bits per heavy atom. The number of aliphatic hydroxyl groups excluding tert-OH is 2. The van der Waals surface area contributed by atoms with Crippen molar-refractivity contribution < 1.29 is 19.7 Å². The van der Waals surface area contributed by atoms with Crippen molar-refractivity contribution in [3.05, 3.63) is 65.2 Å². The predicted octanol–water partition coefficient (Wildman–Crippen LogP) is 5.86. The molecule has 1 fully saturated rings. The summed E-state index contributed by atoms with van der Waals surface area (Å²) < 4.78 is 11.5. The Balaban J connectivity index is 1.29. The molecule has 0 heterocycles. The lowest BCUT2D eigenvalue weighted by Crippen LogP contribution is -2.19. The summed E-state index contributed by atoms with van der Waals surface area (Å²) in [5.41, 5.74) is 5.03. The first kappa shape index (κ1) is 24.1. The predicted molar refractivity (Wildman–Crippen MR) is 133 cm³/mol. The smallest absolute Gasteiger partial charge is 0.122 e. The Bertz CT molecular complexity index is 935. The summed E-state index contributed by atoms with van der Waals surface area (Å²) in [4.78, 5) is 0. The molecule has 3 atom stereocenters. The highest BCUT2D eigenvalue weighted by Crippen LogP contribution is 2.37. The van der Waals surface area contributed by atoms with E-state index in [0.29, 0.717) is 18.4 Å². The van der Waals surface area contributed by atoms with Crippen LogP contribution in [0.1, 0.15) is 61.1 Å². The Morgan fingerprint density at radius 3 is 2.36 bits per heavy atom. The minimum Gasteiger partial charge on any atom is -0.491 e. The van der Waals surface area contributed by atoms with Gasteiger partial charge in [-0.15, -0.1) is 11.6 Å². The van der Waals surface area contributed by atoms with Crippen molar-refractivity contribution in [1.29, 1.82) is 0 Å². The van der Waals surface area contributed by atoms with Crippen LogP contribution in [-0.2, 0) is 0 Å². The normalized spacial score (nSPS) is 20.1. The van der Waals surface area contributed by atoms with Gasteiger partial charge in [0.1, 0.15) is 30.8 Å². The molecule has 0 bridgehead atoms. The van der Waals surface area contributed by atoms with Crippen molar-refractivity contribution in [2.24, 2.45) is 5.92 Å². The standard InChI is InChI=1S/C28H35ClO4/c1-19-14-24(10-13-28(19)33-18-26(31)16-29)23-6-4-21(5-7-23)22-8-11-27(12-9-22)32-17-25(30)15-20-2-3-20/h6,8-14,20-21,25-26,30-31H,2-5,7,15-18H2,1H3. The Kier molecular flexibility index (Phi) is 8.34. The van der Waals surface area contributed by atoms with E-state index in [9.17, 15) is 10.2 Å². The quantitative estimate of drug-likeness (QED) is 0.403. The molecular weight excluding hydrogens is 436 g/mol. The maximum atomic E-state index is 10.0. The molecule has 2 aromatic carbocycles. The maximum Gasteiger partial charge on any atom is 0.122 e. The largest absolute Gasteiger partial charge is 0.491 e. The lowest BCUT2D eigenvalue weighted by Gasteiger charge is -2.23. The molecule has 5 heteroatoms. The minimum absolute atomic E-state index is 0.171. The third-order valence-electron chi connectivity index (χ3n) is 6.66. The number of benzene rings is 2. The number of aliphatic hydroxyl groups is 2. The van der Waals surface area contributed by atoms with E-state index in [-0.39, 0.29) is 18.6 Å². The molecule has 3 unspecified atom stereocenters. The minimum atomic E-state index is -0.650. The fourth-order valence-corrected chi connectivity index (χ4v) is 4.56. The van der Waals surface area contributed by atoms with Crippen LogP contribution < -0.4 is 9.47 Å². The van der Waals surface area contributed by atoms with E-state index >= 15 is 0 Å². The SMILES string of the molecule is Cc1cc(C2=CCC(c3ccc(OCC(O)CC4CC4)cc3)CC2)ccc1OCC(O)CCl. The number of rotatable bonds is 11. The molecule has 33 heavy (non-hydrogen) atoms. The third kappa shape index (κ3) is 6.99. The van der Waals surface area contributed by atoms with Crippen LogP contribution in [0.25, 0.3) is 5.57 Å². The van der Waals surface area contributed by atoms with Gasteiger partial charge in [0.05, 0.1) is 12.0 Å². The van der Waals surface area contributed by atoms with E-state index in [0.717, 1.165) is 42.7 Å². The van der Waals surface area contributed by atoms with E-state index in [1.165, 1.54) is 29.5 Å². The lowest BCUT2D eigenvalue weighted by atomic mass is 9.82. The van der Waals surface area contributed by atoms with Crippen LogP contribution in [-0.4, -0.2) is 41.5 Å². The van der Waals surface area contributed by atoms with E-state index < -0.39 is 6.10 Å². The number of aryl methyl sites for hydroxylation is 1. The first-order chi connectivity index (χ1) is 16.0. The number of hydrogen-bond acceptors (Lipinski definition) is 4. The number of halogens is 1. The van der Waals surface area contributed by atoms with Crippen LogP contribution in [0.5, 0.6) is 11.5 Å². The molecule has 1 saturated carbocycles. The molecular formula is C28H35ClO4. The summed E-state index contributed by atoms with van der Waals surface area (Å²) in [6.45, 7) is 2.62. The summed E-state index contributed by atoms with van der Waals surface area (Å²) in [7, 11) is 0. The Labute approximate surface area is 202 Å². The molecule has 2 aliphatic rings. The molecule has 0 aromatic heterocycles. The Morgan fingerprint density at radius 2 is 1.73 bits per heavy atom. The molecule has 0 radical (unpaired) electrons. The van der Waals surface area contributed by atoms with Gasteiger partial charge in [-0.05, 0) is 91.0 Å². The molecule has 4 nitrogen and oxygen atoms in total. The molecule has 2 aliphatic carbocycles. The molecule has 0 amide bonds. The van der Waals surface area contributed by atoms with Crippen LogP contribution in [0.15, 0.2) is 48.5 Å². The number of allylic oxidation sites excluding steroid dienone is 2. The zero-order valence-corrected chi connectivity index (χ0v) is 20.1. The molecule has 2 aromatic rings. The van der Waals surface area contributed by atoms with E-state index in [1.807, 2.05) is 25.1 Å². The molecule has 2 N–H and O–H groups in total. The summed E-state index contributed by atoms with van der Waals surface area (Å²) in [5, 5.41) is 19.6. The van der Waals surface area contributed by atoms with Crippen molar-refractivity contribution in [2.45, 2.75) is 63.6 Å². The van der Waals surface area contributed by atoms with Crippen LogP contribution in [0, 0.1) is 12.8 Å². The van der Waals surface area contributed by atoms with Crippen molar-refractivity contribution in [3.8, 4) is 11.5 Å². The van der Waals surface area contributed by atoms with Crippen LogP contribution in [0.4, 0.5) is 0 Å². The van der Waals surface area contributed by atoms with E-state index in [1.54, 1.807) is 0 Å². The van der Waals surface area contributed by atoms with Crippen molar-refractivity contribution >= 4 is 17.2 Å². The van der Waals surface area contributed by atoms with Crippen molar-refractivity contribution in [1.82, 2.24) is 0 Å². The lowest BCUT2D eigenvalue weighted by molar-refractivity contribution is 0.0952. The average Bonchev–Trinajstić information content (AvgIpc) is 3.66. The first-order valence-corrected chi connectivity index (χ1v) is 12.6. The second kappa shape index (κ2) is 11.4. The molecule has 0 spiro atoms. The van der Waals surface area contributed by atoms with Crippen LogP contribution in [0.2, 0.25) is 0 Å². The van der Waals surface area contributed by atoms with Gasteiger partial charge >= 0.3 is 0 Å². The highest BCUT2D eigenvalue weighted by Gasteiger charge is 2.24. The Hall–Kier alpha value is -2.01. The van der Waals surface area contributed by atoms with Gasteiger partial charge in [-0.3, -0.25) is 0 Å². The first-order valence-electron chi connectivity index (χ1n) is 12.1. The monoisotopic (exact) mass is 470 g/mol. The zero-order valence-electron chi connectivity index (χ0n) is 19.4. The van der Waals surface area contributed by atoms with Crippen molar-refractivity contribution in [2.75, 3.05) is 19.1 Å². The fourth-order valence-electron chi connectivity index (χ4n) is 4.48. The molecule has 0 aliphatic heterocycles. The average molecular weight is 471 g/mol. The fraction of sp³-hybridized carbons (Fsp3) is 0.500. The number of ether oxygens (including phenoxy) is 2. The zero-order chi connectivity index (χ0) is 23.2. The van der Waals surface area contributed by atoms with Gasteiger partial charge in [0.25, 0.3) is 0 Å². The van der Waals surface area contributed by atoms with Gasteiger partial charge in [-0.25, -0.2) is 0 Å². The van der Waals surface area contributed by atoms with Gasteiger partial charge in [-0.2, -0.15) is 0 Å². The van der Waals surface area contributed by atoms with Crippen LogP contribution in [0.3, 0.4) is 0 Å². The molecule has 0 saturated heterocycles. The molecule has 178 valence electrons. The third-order valence-corrected chi connectivity index (χ3v) is 7.02. The van der Waals surface area contributed by atoms with Gasteiger partial charge < -0.3 is 19.7 Å². The second-order valence-electron chi connectivity index (χ2n) is 9.51. The van der Waals surface area contributed by atoms with E-state index in [2.05, 4.69) is 30.3 Å². The maximum absolute atomic E-state index is 10.0. The number of hydrogen-bond donors (Lipinski definition) is 2. The topological polar surface area (TPSA) is 58.9 Å². The summed E-state index contributed by atoms with van der Waals surface area (Å²) in [5.74, 6) is 3.02. The van der Waals surface area contributed by atoms with E-state index in [4.69, 9.17) is 21.1 Å². The van der Waals surface area contributed by atoms with Crippen molar-refractivity contribution in [3.63, 3.8) is 0 Å². The second-order valence-corrected chi connectivity index (χ2v) is 9.82. The molecule has 4 rings (SSSR count).